The van der Waals surface area contributed by atoms with Gasteiger partial charge in [-0.1, -0.05) is 30.3 Å². The van der Waals surface area contributed by atoms with Crippen LogP contribution in [0.1, 0.15) is 23.7 Å². The predicted molar refractivity (Wildman–Crippen MR) is 83.2 cm³/mol. The van der Waals surface area contributed by atoms with E-state index >= 15 is 0 Å². The molecule has 3 rings (SSSR count). The Kier molecular flexibility index (Phi) is 4.16. The molecule has 122 valence electrons. The monoisotopic (exact) mass is 334 g/mol. The molecule has 7 nitrogen and oxygen atoms in total. The molecule has 1 unspecified atom stereocenters. The first-order valence-corrected chi connectivity index (χ1v) is 8.98. The highest BCUT2D eigenvalue weighted by Crippen LogP contribution is 2.30. The highest BCUT2D eigenvalue weighted by atomic mass is 32.2. The third-order valence-electron chi connectivity index (χ3n) is 3.98. The van der Waals surface area contributed by atoms with Gasteiger partial charge in [-0.15, -0.1) is 10.2 Å². The minimum Gasteiger partial charge on any atom is -0.341 e. The second-order valence-electron chi connectivity index (χ2n) is 5.59. The molecule has 0 N–H and O–H groups in total. The average molecular weight is 334 g/mol. The third kappa shape index (κ3) is 2.86. The maximum atomic E-state index is 13.0. The van der Waals surface area contributed by atoms with Crippen LogP contribution in [0.3, 0.4) is 0 Å². The number of amides is 1. The van der Waals surface area contributed by atoms with Crippen molar-refractivity contribution in [2.24, 2.45) is 7.05 Å². The standard InChI is InChI=1S/C15H18N4O3S/c1-18-11-16-17-15(18)23(21,22)13(12-7-3-2-4-8-12)14(20)19-9-5-6-10-19/h2-4,7-8,11,13H,5-6,9-10H2,1H3. The molecule has 2 aromatic rings. The second kappa shape index (κ2) is 6.11. The average Bonchev–Trinajstić information content (AvgIpc) is 3.19. The van der Waals surface area contributed by atoms with E-state index in [0.717, 1.165) is 12.8 Å². The fraction of sp³-hybridized carbons (Fsp3) is 0.400. The third-order valence-corrected chi connectivity index (χ3v) is 5.95. The van der Waals surface area contributed by atoms with Crippen molar-refractivity contribution in [3.05, 3.63) is 42.2 Å². The molecule has 1 atom stereocenters. The lowest BCUT2D eigenvalue weighted by Gasteiger charge is -2.23. The topological polar surface area (TPSA) is 85.2 Å². The van der Waals surface area contributed by atoms with Crippen molar-refractivity contribution < 1.29 is 13.2 Å². The van der Waals surface area contributed by atoms with Gasteiger partial charge in [0.25, 0.3) is 0 Å². The fourth-order valence-electron chi connectivity index (χ4n) is 2.82. The minimum atomic E-state index is -3.98. The van der Waals surface area contributed by atoms with Crippen LogP contribution in [0.15, 0.2) is 41.8 Å². The van der Waals surface area contributed by atoms with E-state index in [1.54, 1.807) is 42.3 Å². The Morgan fingerprint density at radius 3 is 2.39 bits per heavy atom. The number of likely N-dealkylation sites (tertiary alicyclic amines) is 1. The quantitative estimate of drug-likeness (QED) is 0.831. The summed E-state index contributed by atoms with van der Waals surface area (Å²) in [5.74, 6) is -0.392. The zero-order valence-corrected chi connectivity index (χ0v) is 13.6. The number of aryl methyl sites for hydroxylation is 1. The van der Waals surface area contributed by atoms with E-state index in [4.69, 9.17) is 0 Å². The van der Waals surface area contributed by atoms with Crippen molar-refractivity contribution in [1.29, 1.82) is 0 Å². The molecule has 0 saturated carbocycles. The highest BCUT2D eigenvalue weighted by Gasteiger charge is 2.41. The molecule has 1 aliphatic rings. The van der Waals surface area contributed by atoms with Gasteiger partial charge >= 0.3 is 0 Å². The molecule has 1 aromatic carbocycles. The molecule has 2 heterocycles. The molecule has 0 aliphatic carbocycles. The smallest absolute Gasteiger partial charge is 0.250 e. The maximum Gasteiger partial charge on any atom is 0.250 e. The molecule has 23 heavy (non-hydrogen) atoms. The molecule has 0 spiro atoms. The summed E-state index contributed by atoms with van der Waals surface area (Å²) in [6.45, 7) is 1.19. The van der Waals surface area contributed by atoms with Gasteiger partial charge in [-0.2, -0.15) is 0 Å². The van der Waals surface area contributed by atoms with E-state index < -0.39 is 21.0 Å². The number of rotatable bonds is 4. The normalized spacial score (nSPS) is 16.5. The molecular formula is C15H18N4O3S. The van der Waals surface area contributed by atoms with Crippen LogP contribution in [-0.4, -0.2) is 47.1 Å². The number of benzene rings is 1. The Morgan fingerprint density at radius 2 is 1.83 bits per heavy atom. The van der Waals surface area contributed by atoms with E-state index in [-0.39, 0.29) is 5.16 Å². The summed E-state index contributed by atoms with van der Waals surface area (Å²) in [5, 5.41) is 5.84. The fourth-order valence-corrected chi connectivity index (χ4v) is 4.57. The van der Waals surface area contributed by atoms with E-state index in [1.807, 2.05) is 0 Å². The van der Waals surface area contributed by atoms with E-state index in [9.17, 15) is 13.2 Å². The van der Waals surface area contributed by atoms with Crippen molar-refractivity contribution in [3.63, 3.8) is 0 Å². The predicted octanol–water partition coefficient (Wildman–Crippen LogP) is 0.952. The first kappa shape index (κ1) is 15.7. The number of aromatic nitrogens is 3. The summed E-state index contributed by atoms with van der Waals surface area (Å²) < 4.78 is 27.4. The summed E-state index contributed by atoms with van der Waals surface area (Å²) >= 11 is 0. The number of hydrogen-bond acceptors (Lipinski definition) is 5. The molecule has 1 aromatic heterocycles. The van der Waals surface area contributed by atoms with Crippen LogP contribution in [0.5, 0.6) is 0 Å². The molecule has 1 aliphatic heterocycles. The van der Waals surface area contributed by atoms with Crippen molar-refractivity contribution >= 4 is 15.7 Å². The number of sulfone groups is 1. The van der Waals surface area contributed by atoms with Gasteiger partial charge in [-0.05, 0) is 18.4 Å². The summed E-state index contributed by atoms with van der Waals surface area (Å²) in [6.07, 6.45) is 3.11. The highest BCUT2D eigenvalue weighted by molar-refractivity contribution is 7.92. The van der Waals surface area contributed by atoms with Gasteiger partial charge in [-0.25, -0.2) is 8.42 Å². The van der Waals surface area contributed by atoms with E-state index in [2.05, 4.69) is 10.2 Å². The Morgan fingerprint density at radius 1 is 1.17 bits per heavy atom. The number of hydrogen-bond donors (Lipinski definition) is 0. The van der Waals surface area contributed by atoms with Crippen LogP contribution in [0.25, 0.3) is 0 Å². The number of carbonyl (C=O) groups is 1. The zero-order valence-electron chi connectivity index (χ0n) is 12.8. The lowest BCUT2D eigenvalue weighted by molar-refractivity contribution is -0.129. The van der Waals surface area contributed by atoms with Crippen LogP contribution in [0.2, 0.25) is 0 Å². The second-order valence-corrected chi connectivity index (χ2v) is 7.52. The largest absolute Gasteiger partial charge is 0.341 e. The Bertz CT molecular complexity index is 795. The molecule has 0 radical (unpaired) electrons. The zero-order chi connectivity index (χ0) is 16.4. The molecular weight excluding hydrogens is 316 g/mol. The Hall–Kier alpha value is -2.22. The van der Waals surface area contributed by atoms with Crippen molar-refractivity contribution in [2.45, 2.75) is 23.2 Å². The summed E-state index contributed by atoms with van der Waals surface area (Å²) in [5.41, 5.74) is 0.451. The van der Waals surface area contributed by atoms with Crippen molar-refractivity contribution in [2.75, 3.05) is 13.1 Å². The minimum absolute atomic E-state index is 0.195. The number of carbonyl (C=O) groups excluding carboxylic acids is 1. The molecule has 1 saturated heterocycles. The van der Waals surface area contributed by atoms with Gasteiger partial charge in [0, 0.05) is 20.1 Å². The van der Waals surface area contributed by atoms with Crippen LogP contribution in [0.4, 0.5) is 0 Å². The van der Waals surface area contributed by atoms with Gasteiger partial charge < -0.3 is 9.47 Å². The summed E-state index contributed by atoms with van der Waals surface area (Å²) in [7, 11) is -2.43. The first-order valence-electron chi connectivity index (χ1n) is 7.43. The molecule has 8 heteroatoms. The van der Waals surface area contributed by atoms with E-state index in [0.29, 0.717) is 18.7 Å². The van der Waals surface area contributed by atoms with Crippen LogP contribution < -0.4 is 0 Å². The van der Waals surface area contributed by atoms with Gasteiger partial charge in [0.05, 0.1) is 0 Å². The SMILES string of the molecule is Cn1cnnc1S(=O)(=O)C(C(=O)N1CCCC1)c1ccccc1. The molecule has 1 fully saturated rings. The summed E-state index contributed by atoms with van der Waals surface area (Å²) in [4.78, 5) is 14.5. The van der Waals surface area contributed by atoms with Crippen LogP contribution in [0, 0.1) is 0 Å². The summed E-state index contributed by atoms with van der Waals surface area (Å²) in [6, 6.07) is 8.56. The van der Waals surface area contributed by atoms with Crippen molar-refractivity contribution in [3.8, 4) is 0 Å². The van der Waals surface area contributed by atoms with Gasteiger partial charge in [0.2, 0.25) is 20.9 Å². The lowest BCUT2D eigenvalue weighted by atomic mass is 10.1. The van der Waals surface area contributed by atoms with Crippen LogP contribution in [-0.2, 0) is 21.7 Å². The van der Waals surface area contributed by atoms with Gasteiger partial charge in [0.1, 0.15) is 6.33 Å². The molecule has 1 amide bonds. The van der Waals surface area contributed by atoms with Gasteiger partial charge in [0.15, 0.2) is 5.25 Å². The van der Waals surface area contributed by atoms with Gasteiger partial charge in [-0.3, -0.25) is 4.79 Å². The molecule has 0 bridgehead atoms. The van der Waals surface area contributed by atoms with Crippen molar-refractivity contribution in [1.82, 2.24) is 19.7 Å². The first-order chi connectivity index (χ1) is 11.0. The number of nitrogens with zero attached hydrogens (tertiary/aromatic N) is 4. The Balaban J connectivity index is 2.09. The lowest BCUT2D eigenvalue weighted by Crippen LogP contribution is -2.37. The maximum absolute atomic E-state index is 13.0. The Labute approximate surface area is 134 Å². The van der Waals surface area contributed by atoms with Crippen LogP contribution >= 0.6 is 0 Å². The van der Waals surface area contributed by atoms with E-state index in [1.165, 1.54) is 10.9 Å².